The van der Waals surface area contributed by atoms with Crippen LogP contribution < -0.4 is 5.73 Å². The van der Waals surface area contributed by atoms with Crippen LogP contribution in [0, 0.1) is 0 Å². The van der Waals surface area contributed by atoms with E-state index in [-0.39, 0.29) is 5.91 Å². The van der Waals surface area contributed by atoms with E-state index in [0.29, 0.717) is 11.6 Å². The zero-order valence-corrected chi connectivity index (χ0v) is 20.6. The van der Waals surface area contributed by atoms with Gasteiger partial charge in [0.2, 0.25) is 0 Å². The molecule has 1 fully saturated rings. The average molecular weight is 469 g/mol. The van der Waals surface area contributed by atoms with E-state index in [2.05, 4.69) is 44.7 Å². The van der Waals surface area contributed by atoms with Gasteiger partial charge in [0.15, 0.2) is 0 Å². The van der Waals surface area contributed by atoms with E-state index < -0.39 is 0 Å². The van der Waals surface area contributed by atoms with Crippen molar-refractivity contribution >= 4 is 22.6 Å². The first kappa shape index (κ1) is 23.1. The second-order valence-corrected chi connectivity index (χ2v) is 9.64. The molecule has 0 spiro atoms. The van der Waals surface area contributed by atoms with Gasteiger partial charge in [-0.2, -0.15) is 0 Å². The van der Waals surface area contributed by atoms with Gasteiger partial charge in [0.1, 0.15) is 5.65 Å². The van der Waals surface area contributed by atoms with E-state index in [9.17, 15) is 4.79 Å². The minimum Gasteiger partial charge on any atom is -0.397 e. The summed E-state index contributed by atoms with van der Waals surface area (Å²) >= 11 is 0. The molecular formula is C28H32N6O. The third-order valence-electron chi connectivity index (χ3n) is 7.10. The van der Waals surface area contributed by atoms with Crippen LogP contribution in [0.1, 0.15) is 40.4 Å². The van der Waals surface area contributed by atoms with Crippen LogP contribution in [0.2, 0.25) is 0 Å². The monoisotopic (exact) mass is 468 g/mol. The van der Waals surface area contributed by atoms with Crippen molar-refractivity contribution in [1.29, 1.82) is 0 Å². The van der Waals surface area contributed by atoms with Crippen LogP contribution in [0.3, 0.4) is 0 Å². The summed E-state index contributed by atoms with van der Waals surface area (Å²) in [5.41, 5.74) is 12.8. The number of nitrogen functional groups attached to an aromatic ring is 1. The molecule has 1 amide bonds. The van der Waals surface area contributed by atoms with Gasteiger partial charge in [0, 0.05) is 56.1 Å². The molecule has 4 aromatic rings. The van der Waals surface area contributed by atoms with E-state index in [1.54, 1.807) is 25.2 Å². The van der Waals surface area contributed by atoms with Crippen molar-refractivity contribution in [2.24, 2.45) is 7.05 Å². The molecular weight excluding hydrogens is 436 g/mol. The number of anilines is 1. The fraction of sp³-hybridized carbons (Fsp3) is 0.321. The number of hydrogen-bond acceptors (Lipinski definition) is 5. The van der Waals surface area contributed by atoms with E-state index >= 15 is 0 Å². The molecule has 0 aliphatic carbocycles. The van der Waals surface area contributed by atoms with Gasteiger partial charge in [-0.1, -0.05) is 12.1 Å². The first-order valence-corrected chi connectivity index (χ1v) is 12.1. The average Bonchev–Trinajstić information content (AvgIpc) is 3.20. The van der Waals surface area contributed by atoms with E-state index in [1.807, 2.05) is 36.5 Å². The van der Waals surface area contributed by atoms with E-state index in [0.717, 1.165) is 60.3 Å². The van der Waals surface area contributed by atoms with Gasteiger partial charge in [-0.25, -0.2) is 4.98 Å². The number of nitrogens with zero attached hydrogens (tertiary/aromatic N) is 5. The third kappa shape index (κ3) is 4.64. The molecule has 0 saturated carbocycles. The van der Waals surface area contributed by atoms with Crippen LogP contribution >= 0.6 is 0 Å². The number of hydrogen-bond donors (Lipinski definition) is 1. The van der Waals surface area contributed by atoms with Crippen molar-refractivity contribution in [2.45, 2.75) is 25.3 Å². The number of benzene rings is 1. The standard InChI is InChI=1S/C28H32N6O/c1-32(2)28(35)21-6-4-19(5-7-21)20-11-14-34(15-12-20)18-23-16-25-24(10-13-30-27(25)33(23)3)26-9-8-22(29)17-31-26/h4-10,13,16-17,20H,11-12,14-15,18,29H2,1-3H3. The summed E-state index contributed by atoms with van der Waals surface area (Å²) in [4.78, 5) is 25.5. The summed E-state index contributed by atoms with van der Waals surface area (Å²) in [6.07, 6.45) is 5.78. The minimum atomic E-state index is 0.0474. The Morgan fingerprint density at radius 3 is 2.46 bits per heavy atom. The largest absolute Gasteiger partial charge is 0.397 e. The highest BCUT2D eigenvalue weighted by Gasteiger charge is 2.22. The maximum atomic E-state index is 12.2. The molecule has 4 heterocycles. The number of aryl methyl sites for hydroxylation is 1. The number of aromatic nitrogens is 3. The molecule has 180 valence electrons. The van der Waals surface area contributed by atoms with Gasteiger partial charge in [-0.05, 0) is 73.8 Å². The molecule has 1 aromatic carbocycles. The minimum absolute atomic E-state index is 0.0474. The number of fused-ring (bicyclic) bond motifs is 1. The van der Waals surface area contributed by atoms with Crippen molar-refractivity contribution in [3.63, 3.8) is 0 Å². The number of rotatable bonds is 5. The number of amides is 1. The second kappa shape index (κ2) is 9.50. The SMILES string of the molecule is CN(C)C(=O)c1ccc(C2CCN(Cc3cc4c(-c5ccc(N)cn5)ccnc4n3C)CC2)cc1. The summed E-state index contributed by atoms with van der Waals surface area (Å²) in [7, 11) is 5.66. The molecule has 0 bridgehead atoms. The smallest absolute Gasteiger partial charge is 0.253 e. The fourth-order valence-electron chi connectivity index (χ4n) is 5.02. The molecule has 7 heteroatoms. The lowest BCUT2D eigenvalue weighted by Gasteiger charge is -2.32. The first-order chi connectivity index (χ1) is 16.9. The predicted octanol–water partition coefficient (Wildman–Crippen LogP) is 4.30. The second-order valence-electron chi connectivity index (χ2n) is 9.64. The number of nitrogens with two attached hydrogens (primary N) is 1. The molecule has 7 nitrogen and oxygen atoms in total. The molecule has 0 radical (unpaired) electrons. The van der Waals surface area contributed by atoms with Crippen molar-refractivity contribution in [1.82, 2.24) is 24.3 Å². The molecule has 35 heavy (non-hydrogen) atoms. The van der Waals surface area contributed by atoms with Gasteiger partial charge in [-0.3, -0.25) is 14.7 Å². The predicted molar refractivity (Wildman–Crippen MR) is 140 cm³/mol. The Labute approximate surface area is 206 Å². The number of carbonyl (C=O) groups is 1. The van der Waals surface area contributed by atoms with Crippen molar-refractivity contribution in [3.05, 3.63) is 77.7 Å². The van der Waals surface area contributed by atoms with Crippen LogP contribution in [0.25, 0.3) is 22.3 Å². The summed E-state index contributed by atoms with van der Waals surface area (Å²) < 4.78 is 2.20. The molecule has 3 aromatic heterocycles. The number of likely N-dealkylation sites (tertiary alicyclic amines) is 1. The Kier molecular flexibility index (Phi) is 6.26. The van der Waals surface area contributed by atoms with Crippen molar-refractivity contribution in [2.75, 3.05) is 32.9 Å². The highest BCUT2D eigenvalue weighted by molar-refractivity contribution is 5.94. The number of piperidine rings is 1. The lowest BCUT2D eigenvalue weighted by atomic mass is 9.89. The lowest BCUT2D eigenvalue weighted by Crippen LogP contribution is -2.33. The van der Waals surface area contributed by atoms with Crippen LogP contribution in [0.5, 0.6) is 0 Å². The van der Waals surface area contributed by atoms with E-state index in [1.165, 1.54) is 11.3 Å². The van der Waals surface area contributed by atoms with Gasteiger partial charge < -0.3 is 15.2 Å². The van der Waals surface area contributed by atoms with E-state index in [4.69, 9.17) is 5.73 Å². The Bertz CT molecular complexity index is 1330. The van der Waals surface area contributed by atoms with Crippen LogP contribution in [0.15, 0.2) is 60.9 Å². The number of carbonyl (C=O) groups excluding carboxylic acids is 1. The van der Waals surface area contributed by atoms with Gasteiger partial charge >= 0.3 is 0 Å². The van der Waals surface area contributed by atoms with Crippen molar-refractivity contribution in [3.8, 4) is 11.3 Å². The molecule has 5 rings (SSSR count). The molecule has 2 N–H and O–H groups in total. The first-order valence-electron chi connectivity index (χ1n) is 12.1. The Morgan fingerprint density at radius 1 is 1.06 bits per heavy atom. The Balaban J connectivity index is 1.28. The highest BCUT2D eigenvalue weighted by atomic mass is 16.2. The zero-order chi connectivity index (χ0) is 24.5. The van der Waals surface area contributed by atoms with Crippen molar-refractivity contribution < 1.29 is 4.79 Å². The van der Waals surface area contributed by atoms with Gasteiger partial charge in [0.05, 0.1) is 17.6 Å². The maximum Gasteiger partial charge on any atom is 0.253 e. The Hall–Kier alpha value is -3.71. The summed E-state index contributed by atoms with van der Waals surface area (Å²) in [6, 6.07) is 16.3. The molecule has 0 unspecified atom stereocenters. The number of pyridine rings is 2. The maximum absolute atomic E-state index is 12.2. The van der Waals surface area contributed by atoms with Crippen LogP contribution in [0.4, 0.5) is 5.69 Å². The molecule has 1 aliphatic rings. The zero-order valence-electron chi connectivity index (χ0n) is 20.6. The topological polar surface area (TPSA) is 80.3 Å². The molecule has 1 saturated heterocycles. The van der Waals surface area contributed by atoms with Crippen LogP contribution in [-0.4, -0.2) is 57.4 Å². The van der Waals surface area contributed by atoms with Crippen LogP contribution in [-0.2, 0) is 13.6 Å². The third-order valence-corrected chi connectivity index (χ3v) is 7.10. The summed E-state index contributed by atoms with van der Waals surface area (Å²) in [5.74, 6) is 0.582. The summed E-state index contributed by atoms with van der Waals surface area (Å²) in [6.45, 7) is 2.99. The Morgan fingerprint density at radius 2 is 1.80 bits per heavy atom. The fourth-order valence-corrected chi connectivity index (χ4v) is 5.02. The molecule has 1 aliphatic heterocycles. The highest BCUT2D eigenvalue weighted by Crippen LogP contribution is 2.31. The lowest BCUT2D eigenvalue weighted by molar-refractivity contribution is 0.0827. The quantitative estimate of drug-likeness (QED) is 0.472. The normalized spacial score (nSPS) is 14.9. The van der Waals surface area contributed by atoms with Gasteiger partial charge in [0.25, 0.3) is 5.91 Å². The van der Waals surface area contributed by atoms with Gasteiger partial charge in [-0.15, -0.1) is 0 Å². The molecule has 0 atom stereocenters. The summed E-state index contributed by atoms with van der Waals surface area (Å²) in [5, 5.41) is 1.12.